The van der Waals surface area contributed by atoms with E-state index >= 15 is 0 Å². The summed E-state index contributed by atoms with van der Waals surface area (Å²) in [5.74, 6) is 1.05. The summed E-state index contributed by atoms with van der Waals surface area (Å²) in [5, 5.41) is 0. The van der Waals surface area contributed by atoms with Gasteiger partial charge in [-0.05, 0) is 24.5 Å². The molecule has 0 bridgehead atoms. The number of rotatable bonds is 6. The summed E-state index contributed by atoms with van der Waals surface area (Å²) in [6.45, 7) is 7.83. The van der Waals surface area contributed by atoms with Crippen LogP contribution in [-0.2, 0) is 0 Å². The van der Waals surface area contributed by atoms with Crippen molar-refractivity contribution >= 4 is 5.78 Å². The Kier molecular flexibility index (Phi) is 4.95. The fourth-order valence-electron chi connectivity index (χ4n) is 1.91. The second kappa shape index (κ2) is 6.24. The van der Waals surface area contributed by atoms with Crippen LogP contribution in [0.5, 0.6) is 5.75 Å². The average Bonchev–Trinajstić information content (AvgIpc) is 2.34. The van der Waals surface area contributed by atoms with Crippen LogP contribution in [0.4, 0.5) is 0 Å². The number of benzene rings is 1. The van der Waals surface area contributed by atoms with Crippen molar-refractivity contribution < 1.29 is 9.53 Å². The van der Waals surface area contributed by atoms with Crippen LogP contribution in [0.1, 0.15) is 30.6 Å². The quantitative estimate of drug-likeness (QED) is 0.552. The zero-order valence-corrected chi connectivity index (χ0v) is 10.8. The van der Waals surface area contributed by atoms with Crippen molar-refractivity contribution in [3.05, 3.63) is 42.5 Å². The van der Waals surface area contributed by atoms with Crippen molar-refractivity contribution in [3.8, 4) is 5.75 Å². The van der Waals surface area contributed by atoms with Gasteiger partial charge in [0.15, 0.2) is 5.78 Å². The minimum absolute atomic E-state index is 0.0243. The van der Waals surface area contributed by atoms with Crippen LogP contribution in [-0.4, -0.2) is 12.9 Å². The molecule has 1 aromatic rings. The molecule has 0 amide bonds. The highest BCUT2D eigenvalue weighted by atomic mass is 16.5. The van der Waals surface area contributed by atoms with Crippen LogP contribution in [0.25, 0.3) is 0 Å². The lowest BCUT2D eigenvalue weighted by Gasteiger charge is -2.19. The van der Waals surface area contributed by atoms with E-state index in [2.05, 4.69) is 20.4 Å². The van der Waals surface area contributed by atoms with E-state index in [4.69, 9.17) is 4.74 Å². The Morgan fingerprint density at radius 3 is 2.59 bits per heavy atom. The number of carbonyl (C=O) groups excluding carboxylic acids is 1. The summed E-state index contributed by atoms with van der Waals surface area (Å²) in [6.07, 6.45) is 2.51. The maximum atomic E-state index is 12.4. The summed E-state index contributed by atoms with van der Waals surface area (Å²) >= 11 is 0. The summed E-state index contributed by atoms with van der Waals surface area (Å²) in [7, 11) is 1.59. The van der Waals surface area contributed by atoms with E-state index in [1.165, 1.54) is 0 Å². The monoisotopic (exact) mass is 232 g/mol. The molecule has 92 valence electrons. The Balaban J connectivity index is 3.04. The maximum Gasteiger partial charge on any atom is 0.170 e. The first-order valence-electron chi connectivity index (χ1n) is 5.90. The molecule has 17 heavy (non-hydrogen) atoms. The fourth-order valence-corrected chi connectivity index (χ4v) is 1.91. The van der Waals surface area contributed by atoms with Crippen LogP contribution in [0, 0.1) is 11.8 Å². The van der Waals surface area contributed by atoms with E-state index in [1.807, 2.05) is 24.3 Å². The molecule has 0 aliphatic carbocycles. The molecule has 0 aromatic heterocycles. The van der Waals surface area contributed by atoms with Gasteiger partial charge in [0, 0.05) is 5.92 Å². The van der Waals surface area contributed by atoms with E-state index in [9.17, 15) is 4.79 Å². The summed E-state index contributed by atoms with van der Waals surface area (Å²) in [4.78, 5) is 12.4. The minimum atomic E-state index is -0.0243. The average molecular weight is 232 g/mol. The number of hydrogen-bond acceptors (Lipinski definition) is 2. The number of methoxy groups -OCH3 is 1. The zero-order chi connectivity index (χ0) is 12.8. The van der Waals surface area contributed by atoms with Gasteiger partial charge in [0.1, 0.15) is 5.75 Å². The van der Waals surface area contributed by atoms with E-state index in [1.54, 1.807) is 13.2 Å². The Morgan fingerprint density at radius 2 is 2.06 bits per heavy atom. The maximum absolute atomic E-state index is 12.4. The second-order valence-electron chi connectivity index (χ2n) is 4.44. The summed E-state index contributed by atoms with van der Waals surface area (Å²) in [5.41, 5.74) is 0.663. The zero-order valence-electron chi connectivity index (χ0n) is 10.8. The standard InChI is InChI=1S/C15H20O2/c1-5-8-12(11(2)3)15(16)13-9-6-7-10-14(13)17-4/h5-7,9-12H,1,8H2,2-4H3. The van der Waals surface area contributed by atoms with Gasteiger partial charge in [-0.25, -0.2) is 0 Å². The fraction of sp³-hybridized carbons (Fsp3) is 0.400. The second-order valence-corrected chi connectivity index (χ2v) is 4.44. The van der Waals surface area contributed by atoms with Crippen LogP contribution < -0.4 is 4.74 Å². The molecule has 1 atom stereocenters. The SMILES string of the molecule is C=CCC(C(=O)c1ccccc1OC)C(C)C. The van der Waals surface area contributed by atoms with Gasteiger partial charge in [0.25, 0.3) is 0 Å². The normalized spacial score (nSPS) is 12.2. The van der Waals surface area contributed by atoms with Crippen LogP contribution in [0.15, 0.2) is 36.9 Å². The molecule has 0 heterocycles. The van der Waals surface area contributed by atoms with Crippen molar-refractivity contribution in [1.82, 2.24) is 0 Å². The molecular weight excluding hydrogens is 212 g/mol. The predicted molar refractivity (Wildman–Crippen MR) is 70.5 cm³/mol. The number of para-hydroxylation sites is 1. The molecule has 0 fully saturated rings. The molecule has 0 N–H and O–H groups in total. The first-order chi connectivity index (χ1) is 8.11. The van der Waals surface area contributed by atoms with Crippen LogP contribution >= 0.6 is 0 Å². The van der Waals surface area contributed by atoms with Gasteiger partial charge in [-0.1, -0.05) is 32.1 Å². The smallest absolute Gasteiger partial charge is 0.170 e. The lowest BCUT2D eigenvalue weighted by molar-refractivity contribution is 0.0884. The molecule has 0 aliphatic rings. The molecule has 0 aliphatic heterocycles. The third kappa shape index (κ3) is 3.19. The van der Waals surface area contributed by atoms with Gasteiger partial charge in [0.2, 0.25) is 0 Å². The number of Topliss-reactive ketones (excluding diaryl/α,β-unsaturated/α-hetero) is 1. The van der Waals surface area contributed by atoms with Gasteiger partial charge < -0.3 is 4.74 Å². The van der Waals surface area contributed by atoms with Gasteiger partial charge in [0.05, 0.1) is 12.7 Å². The van der Waals surface area contributed by atoms with E-state index in [0.29, 0.717) is 23.7 Å². The van der Waals surface area contributed by atoms with Crippen molar-refractivity contribution in [2.45, 2.75) is 20.3 Å². The Labute approximate surface area is 103 Å². The number of ketones is 1. The van der Waals surface area contributed by atoms with Gasteiger partial charge >= 0.3 is 0 Å². The first-order valence-corrected chi connectivity index (χ1v) is 5.90. The molecule has 0 saturated heterocycles. The predicted octanol–water partition coefficient (Wildman–Crippen LogP) is 3.73. The summed E-state index contributed by atoms with van der Waals surface area (Å²) in [6, 6.07) is 7.37. The van der Waals surface area contributed by atoms with Crippen LogP contribution in [0.2, 0.25) is 0 Å². The first kappa shape index (κ1) is 13.5. The van der Waals surface area contributed by atoms with Gasteiger partial charge in [-0.3, -0.25) is 4.79 Å². The molecule has 1 unspecified atom stereocenters. The van der Waals surface area contributed by atoms with Crippen molar-refractivity contribution in [3.63, 3.8) is 0 Å². The summed E-state index contributed by atoms with van der Waals surface area (Å²) < 4.78 is 5.23. The van der Waals surface area contributed by atoms with E-state index in [-0.39, 0.29) is 11.7 Å². The van der Waals surface area contributed by atoms with Gasteiger partial charge in [-0.2, -0.15) is 0 Å². The Hall–Kier alpha value is -1.57. The van der Waals surface area contributed by atoms with Crippen molar-refractivity contribution in [2.75, 3.05) is 7.11 Å². The minimum Gasteiger partial charge on any atom is -0.496 e. The largest absolute Gasteiger partial charge is 0.496 e. The molecule has 2 nitrogen and oxygen atoms in total. The van der Waals surface area contributed by atoms with E-state index in [0.717, 1.165) is 0 Å². The molecular formula is C15H20O2. The van der Waals surface area contributed by atoms with Crippen molar-refractivity contribution in [1.29, 1.82) is 0 Å². The number of hydrogen-bond donors (Lipinski definition) is 0. The van der Waals surface area contributed by atoms with Crippen molar-refractivity contribution in [2.24, 2.45) is 11.8 Å². The molecule has 0 saturated carbocycles. The highest BCUT2D eigenvalue weighted by molar-refractivity contribution is 6.00. The molecule has 0 radical (unpaired) electrons. The number of carbonyl (C=O) groups is 1. The van der Waals surface area contributed by atoms with Crippen LogP contribution in [0.3, 0.4) is 0 Å². The number of allylic oxidation sites excluding steroid dienone is 1. The molecule has 2 heteroatoms. The lowest BCUT2D eigenvalue weighted by Crippen LogP contribution is -2.20. The third-order valence-corrected chi connectivity index (χ3v) is 2.93. The highest BCUT2D eigenvalue weighted by Crippen LogP contribution is 2.26. The van der Waals surface area contributed by atoms with E-state index < -0.39 is 0 Å². The molecule has 0 spiro atoms. The molecule has 1 aromatic carbocycles. The Morgan fingerprint density at radius 1 is 1.41 bits per heavy atom. The number of ether oxygens (including phenoxy) is 1. The lowest BCUT2D eigenvalue weighted by atomic mass is 9.85. The molecule has 1 rings (SSSR count). The highest BCUT2D eigenvalue weighted by Gasteiger charge is 2.24. The topological polar surface area (TPSA) is 26.3 Å². The Bertz CT molecular complexity index is 394. The third-order valence-electron chi connectivity index (χ3n) is 2.93. The van der Waals surface area contributed by atoms with Gasteiger partial charge in [-0.15, -0.1) is 6.58 Å².